The predicted molar refractivity (Wildman–Crippen MR) is 98.7 cm³/mol. The first-order valence-corrected chi connectivity index (χ1v) is 8.53. The largest absolute Gasteiger partial charge is 0.487 e. The molecular formula is C19H21N3O3. The SMILES string of the molecule is CCn1c(=O)cc(C)c2cc3c(C)cc(=O)n4c3c(c21)OCC4CN. The topological polar surface area (TPSA) is 79.2 Å². The summed E-state index contributed by atoms with van der Waals surface area (Å²) in [4.78, 5) is 25.1. The van der Waals surface area contributed by atoms with Crippen LogP contribution in [0.4, 0.5) is 0 Å². The Bertz CT molecular complexity index is 1140. The standard InChI is InChI=1S/C19H21N3O3/c1-4-21-15(23)5-10(2)13-7-14-11(3)6-16(24)22-12(8-20)9-25-19(17(13)21)18(14)22/h5-7,12H,4,8-9,20H2,1-3H3. The maximum Gasteiger partial charge on any atom is 0.251 e. The molecule has 6 heteroatoms. The van der Waals surface area contributed by atoms with Gasteiger partial charge in [0, 0.05) is 36.0 Å². The van der Waals surface area contributed by atoms with Gasteiger partial charge in [-0.25, -0.2) is 0 Å². The third kappa shape index (κ3) is 2.07. The van der Waals surface area contributed by atoms with Crippen molar-refractivity contribution in [3.8, 4) is 5.75 Å². The van der Waals surface area contributed by atoms with E-state index in [0.717, 1.165) is 32.9 Å². The molecule has 1 atom stereocenters. The molecule has 2 aromatic heterocycles. The van der Waals surface area contributed by atoms with E-state index in [-0.39, 0.29) is 17.2 Å². The van der Waals surface area contributed by atoms with Gasteiger partial charge in [0.25, 0.3) is 11.1 Å². The Balaban J connectivity index is 2.34. The smallest absolute Gasteiger partial charge is 0.251 e. The van der Waals surface area contributed by atoms with Crippen molar-refractivity contribution in [2.45, 2.75) is 33.4 Å². The average molecular weight is 339 g/mol. The van der Waals surface area contributed by atoms with Gasteiger partial charge in [-0.15, -0.1) is 0 Å². The van der Waals surface area contributed by atoms with Gasteiger partial charge in [-0.05, 0) is 38.0 Å². The summed E-state index contributed by atoms with van der Waals surface area (Å²) in [5.41, 5.74) is 9.03. The zero-order valence-corrected chi connectivity index (χ0v) is 14.6. The van der Waals surface area contributed by atoms with Crippen LogP contribution in [-0.4, -0.2) is 22.3 Å². The van der Waals surface area contributed by atoms with Crippen LogP contribution in [0.2, 0.25) is 0 Å². The Morgan fingerprint density at radius 1 is 1.08 bits per heavy atom. The molecule has 0 amide bonds. The minimum Gasteiger partial charge on any atom is -0.487 e. The number of nitrogens with zero attached hydrogens (tertiary/aromatic N) is 2. The summed E-state index contributed by atoms with van der Waals surface area (Å²) < 4.78 is 9.51. The second kappa shape index (κ2) is 5.46. The summed E-state index contributed by atoms with van der Waals surface area (Å²) >= 11 is 0. The number of benzene rings is 1. The minimum absolute atomic E-state index is 0.0609. The van der Waals surface area contributed by atoms with E-state index in [4.69, 9.17) is 10.5 Å². The number of aromatic nitrogens is 2. The van der Waals surface area contributed by atoms with E-state index in [9.17, 15) is 9.59 Å². The molecule has 4 rings (SSSR count). The Morgan fingerprint density at radius 3 is 2.36 bits per heavy atom. The molecule has 0 spiro atoms. The molecule has 0 saturated carbocycles. The van der Waals surface area contributed by atoms with Gasteiger partial charge in [0.15, 0.2) is 5.75 Å². The van der Waals surface area contributed by atoms with Crippen LogP contribution in [0.15, 0.2) is 27.8 Å². The zero-order chi connectivity index (χ0) is 17.9. The second-order valence-corrected chi connectivity index (χ2v) is 6.64. The van der Waals surface area contributed by atoms with E-state index in [1.165, 1.54) is 0 Å². The van der Waals surface area contributed by atoms with Crippen molar-refractivity contribution in [3.05, 3.63) is 50.0 Å². The van der Waals surface area contributed by atoms with E-state index in [0.29, 0.717) is 25.4 Å². The van der Waals surface area contributed by atoms with Crippen LogP contribution < -0.4 is 21.6 Å². The van der Waals surface area contributed by atoms with E-state index < -0.39 is 0 Å². The number of hydrogen-bond donors (Lipinski definition) is 1. The van der Waals surface area contributed by atoms with Gasteiger partial charge in [0.2, 0.25) is 0 Å². The lowest BCUT2D eigenvalue weighted by Crippen LogP contribution is -2.37. The molecule has 130 valence electrons. The number of fused-ring (bicyclic) bond motifs is 2. The Kier molecular flexibility index (Phi) is 3.47. The molecule has 25 heavy (non-hydrogen) atoms. The van der Waals surface area contributed by atoms with Crippen LogP contribution in [0.3, 0.4) is 0 Å². The highest BCUT2D eigenvalue weighted by atomic mass is 16.5. The van der Waals surface area contributed by atoms with Gasteiger partial charge in [0.1, 0.15) is 6.61 Å². The van der Waals surface area contributed by atoms with E-state index in [1.807, 2.05) is 20.8 Å². The summed E-state index contributed by atoms with van der Waals surface area (Å²) in [5, 5.41) is 1.94. The Labute approximate surface area is 144 Å². The molecule has 1 unspecified atom stereocenters. The summed E-state index contributed by atoms with van der Waals surface area (Å²) in [5.74, 6) is 0.612. The lowest BCUT2D eigenvalue weighted by Gasteiger charge is -2.29. The molecule has 2 N–H and O–H groups in total. The van der Waals surface area contributed by atoms with Crippen LogP contribution in [0.1, 0.15) is 24.1 Å². The lowest BCUT2D eigenvalue weighted by atomic mass is 10.0. The fourth-order valence-electron chi connectivity index (χ4n) is 3.88. The van der Waals surface area contributed by atoms with Gasteiger partial charge >= 0.3 is 0 Å². The van der Waals surface area contributed by atoms with E-state index in [2.05, 4.69) is 6.07 Å². The number of pyridine rings is 2. The molecule has 0 fully saturated rings. The molecule has 1 aliphatic rings. The molecule has 0 bridgehead atoms. The summed E-state index contributed by atoms with van der Waals surface area (Å²) in [7, 11) is 0. The zero-order valence-electron chi connectivity index (χ0n) is 14.6. The summed E-state index contributed by atoms with van der Waals surface area (Å²) in [6.07, 6.45) is 0. The molecular weight excluding hydrogens is 318 g/mol. The first kappa shape index (κ1) is 15.9. The van der Waals surface area contributed by atoms with E-state index in [1.54, 1.807) is 21.3 Å². The van der Waals surface area contributed by atoms with Crippen molar-refractivity contribution in [1.29, 1.82) is 0 Å². The third-order valence-corrected chi connectivity index (χ3v) is 5.15. The minimum atomic E-state index is -0.202. The van der Waals surface area contributed by atoms with Crippen LogP contribution in [0.25, 0.3) is 21.8 Å². The number of ether oxygens (including phenoxy) is 1. The van der Waals surface area contributed by atoms with Crippen molar-refractivity contribution in [1.82, 2.24) is 9.13 Å². The highest BCUT2D eigenvalue weighted by molar-refractivity contribution is 6.04. The predicted octanol–water partition coefficient (Wildman–Crippen LogP) is 1.85. The quantitative estimate of drug-likeness (QED) is 0.723. The van der Waals surface area contributed by atoms with Gasteiger partial charge in [-0.2, -0.15) is 0 Å². The number of hydrogen-bond acceptors (Lipinski definition) is 4. The molecule has 0 aliphatic carbocycles. The van der Waals surface area contributed by atoms with Crippen molar-refractivity contribution >= 4 is 21.8 Å². The van der Waals surface area contributed by atoms with Crippen molar-refractivity contribution in [3.63, 3.8) is 0 Å². The van der Waals surface area contributed by atoms with Gasteiger partial charge < -0.3 is 15.0 Å². The number of nitrogens with two attached hydrogens (primary N) is 1. The molecule has 1 aromatic carbocycles. The molecule has 3 aromatic rings. The van der Waals surface area contributed by atoms with Crippen molar-refractivity contribution < 1.29 is 4.74 Å². The maximum atomic E-state index is 12.6. The first-order chi connectivity index (χ1) is 12.0. The monoisotopic (exact) mass is 339 g/mol. The van der Waals surface area contributed by atoms with Crippen molar-refractivity contribution in [2.75, 3.05) is 13.2 Å². The maximum absolute atomic E-state index is 12.6. The van der Waals surface area contributed by atoms with Crippen molar-refractivity contribution in [2.24, 2.45) is 5.73 Å². The molecule has 0 radical (unpaired) electrons. The van der Waals surface area contributed by atoms with Crippen LogP contribution in [0.5, 0.6) is 5.75 Å². The highest BCUT2D eigenvalue weighted by Crippen LogP contribution is 2.39. The molecule has 6 nitrogen and oxygen atoms in total. The second-order valence-electron chi connectivity index (χ2n) is 6.64. The lowest BCUT2D eigenvalue weighted by molar-refractivity contribution is 0.239. The van der Waals surface area contributed by atoms with Crippen LogP contribution in [-0.2, 0) is 6.54 Å². The summed E-state index contributed by atoms with van der Waals surface area (Å²) in [6, 6.07) is 5.16. The highest BCUT2D eigenvalue weighted by Gasteiger charge is 2.27. The van der Waals surface area contributed by atoms with Crippen LogP contribution >= 0.6 is 0 Å². The third-order valence-electron chi connectivity index (χ3n) is 5.15. The van der Waals surface area contributed by atoms with Crippen LogP contribution in [0, 0.1) is 13.8 Å². The molecule has 0 saturated heterocycles. The Morgan fingerprint density at radius 2 is 1.72 bits per heavy atom. The normalized spacial score (nSPS) is 16.4. The van der Waals surface area contributed by atoms with Gasteiger partial charge in [-0.3, -0.25) is 14.2 Å². The number of aryl methyl sites for hydroxylation is 3. The van der Waals surface area contributed by atoms with Gasteiger partial charge in [-0.1, -0.05) is 0 Å². The fourth-order valence-corrected chi connectivity index (χ4v) is 3.88. The first-order valence-electron chi connectivity index (χ1n) is 8.53. The molecule has 1 aliphatic heterocycles. The van der Waals surface area contributed by atoms with E-state index >= 15 is 0 Å². The number of rotatable bonds is 2. The van der Waals surface area contributed by atoms with Gasteiger partial charge in [0.05, 0.1) is 17.1 Å². The fraction of sp³-hybridized carbons (Fsp3) is 0.368. The molecule has 3 heterocycles. The Hall–Kier alpha value is -2.60. The summed E-state index contributed by atoms with van der Waals surface area (Å²) in [6.45, 7) is 6.97. The average Bonchev–Trinajstić information content (AvgIpc) is 2.59.